The molecule has 29 heavy (non-hydrogen) atoms. The Hall–Kier alpha value is -2.60. The van der Waals surface area contributed by atoms with Crippen LogP contribution >= 0.6 is 12.2 Å². The van der Waals surface area contributed by atoms with Gasteiger partial charge < -0.3 is 15.0 Å². The van der Waals surface area contributed by atoms with Gasteiger partial charge in [0.2, 0.25) is 0 Å². The Morgan fingerprint density at radius 1 is 1.14 bits per heavy atom. The third-order valence-electron chi connectivity index (χ3n) is 4.97. The molecule has 0 atom stereocenters. The van der Waals surface area contributed by atoms with Crippen LogP contribution in [0.3, 0.4) is 0 Å². The van der Waals surface area contributed by atoms with Crippen molar-refractivity contribution in [3.63, 3.8) is 0 Å². The molecule has 1 fully saturated rings. The Balaban J connectivity index is 1.65. The van der Waals surface area contributed by atoms with Crippen LogP contribution in [0.25, 0.3) is 0 Å². The lowest BCUT2D eigenvalue weighted by atomic mass is 9.98. The van der Waals surface area contributed by atoms with Gasteiger partial charge in [0.1, 0.15) is 5.75 Å². The first kappa shape index (κ1) is 21.1. The van der Waals surface area contributed by atoms with E-state index in [0.29, 0.717) is 11.3 Å². The third-order valence-corrected chi connectivity index (χ3v) is 5.18. The zero-order valence-electron chi connectivity index (χ0n) is 17.3. The number of ether oxygens (including phenoxy) is 1. The second-order valence-electron chi connectivity index (χ2n) is 7.79. The maximum absolute atomic E-state index is 12.6. The maximum Gasteiger partial charge on any atom is 0.257 e. The van der Waals surface area contributed by atoms with Gasteiger partial charge in [0.05, 0.1) is 17.5 Å². The standard InChI is InChI=1S/C23H29N3O2S/c1-16(2)28-19-8-6-7-18(15-19)22(27)25-23(29)24-20-9-4-5-10-21(20)26-13-11-17(3)12-14-26/h4-10,15-17H,11-14H2,1-3H3,(H2,24,25,27,29). The highest BCUT2D eigenvalue weighted by Crippen LogP contribution is 2.29. The first-order valence-corrected chi connectivity index (χ1v) is 10.6. The van der Waals surface area contributed by atoms with E-state index in [1.54, 1.807) is 18.2 Å². The lowest BCUT2D eigenvalue weighted by molar-refractivity contribution is 0.0977. The summed E-state index contributed by atoms with van der Waals surface area (Å²) in [5, 5.41) is 6.24. The van der Waals surface area contributed by atoms with E-state index in [0.717, 1.165) is 30.4 Å². The van der Waals surface area contributed by atoms with Crippen molar-refractivity contribution in [2.45, 2.75) is 39.7 Å². The lowest BCUT2D eigenvalue weighted by Crippen LogP contribution is -2.36. The fraction of sp³-hybridized carbons (Fsp3) is 0.391. The highest BCUT2D eigenvalue weighted by molar-refractivity contribution is 7.80. The fourth-order valence-electron chi connectivity index (χ4n) is 3.42. The molecule has 5 nitrogen and oxygen atoms in total. The molecule has 0 bridgehead atoms. The van der Waals surface area contributed by atoms with Crippen molar-refractivity contribution < 1.29 is 9.53 Å². The maximum atomic E-state index is 12.6. The predicted octanol–water partition coefficient (Wildman–Crippen LogP) is 4.84. The van der Waals surface area contributed by atoms with E-state index in [1.165, 1.54) is 12.8 Å². The summed E-state index contributed by atoms with van der Waals surface area (Å²) in [6, 6.07) is 15.2. The molecule has 2 aromatic carbocycles. The number of nitrogens with one attached hydrogen (secondary N) is 2. The van der Waals surface area contributed by atoms with Gasteiger partial charge in [0, 0.05) is 18.7 Å². The van der Waals surface area contributed by atoms with E-state index in [4.69, 9.17) is 17.0 Å². The van der Waals surface area contributed by atoms with Crippen LogP contribution in [-0.4, -0.2) is 30.2 Å². The number of carbonyl (C=O) groups is 1. The van der Waals surface area contributed by atoms with Crippen molar-refractivity contribution in [2.24, 2.45) is 5.92 Å². The monoisotopic (exact) mass is 411 g/mol. The van der Waals surface area contributed by atoms with Crippen molar-refractivity contribution in [3.05, 3.63) is 54.1 Å². The molecule has 3 rings (SSSR count). The summed E-state index contributed by atoms with van der Waals surface area (Å²) in [7, 11) is 0. The van der Waals surface area contributed by atoms with Gasteiger partial charge in [-0.25, -0.2) is 0 Å². The number of amides is 1. The van der Waals surface area contributed by atoms with Crippen LogP contribution in [0.4, 0.5) is 11.4 Å². The van der Waals surface area contributed by atoms with Crippen molar-refractivity contribution in [1.82, 2.24) is 5.32 Å². The number of hydrogen-bond donors (Lipinski definition) is 2. The van der Waals surface area contributed by atoms with E-state index in [2.05, 4.69) is 28.5 Å². The molecular weight excluding hydrogens is 382 g/mol. The molecule has 1 saturated heterocycles. The van der Waals surface area contributed by atoms with Crippen LogP contribution in [0.5, 0.6) is 5.75 Å². The van der Waals surface area contributed by atoms with Gasteiger partial charge in [0.25, 0.3) is 5.91 Å². The Kier molecular flexibility index (Phi) is 7.09. The average Bonchev–Trinajstić information content (AvgIpc) is 2.69. The number of thiocarbonyl (C=S) groups is 1. The number of hydrogen-bond acceptors (Lipinski definition) is 4. The van der Waals surface area contributed by atoms with Gasteiger partial charge in [-0.1, -0.05) is 25.1 Å². The highest BCUT2D eigenvalue weighted by Gasteiger charge is 2.19. The van der Waals surface area contributed by atoms with Crippen molar-refractivity contribution in [1.29, 1.82) is 0 Å². The summed E-state index contributed by atoms with van der Waals surface area (Å²) in [5.74, 6) is 1.17. The Bertz CT molecular complexity index is 861. The van der Waals surface area contributed by atoms with Crippen LogP contribution in [0.15, 0.2) is 48.5 Å². The summed E-state index contributed by atoms with van der Waals surface area (Å²) in [6.07, 6.45) is 2.42. The molecule has 0 radical (unpaired) electrons. The molecule has 2 aromatic rings. The number of nitrogens with zero attached hydrogens (tertiary/aromatic N) is 1. The van der Waals surface area contributed by atoms with E-state index in [9.17, 15) is 4.79 Å². The lowest BCUT2D eigenvalue weighted by Gasteiger charge is -2.33. The summed E-state index contributed by atoms with van der Waals surface area (Å²) in [6.45, 7) is 8.26. The first-order valence-electron chi connectivity index (χ1n) is 10.2. The first-order chi connectivity index (χ1) is 13.9. The van der Waals surface area contributed by atoms with Crippen LogP contribution in [-0.2, 0) is 0 Å². The molecule has 1 aliphatic heterocycles. The SMILES string of the molecule is CC1CCN(c2ccccc2NC(=S)NC(=O)c2cccc(OC(C)C)c2)CC1. The van der Waals surface area contributed by atoms with Gasteiger partial charge in [0.15, 0.2) is 5.11 Å². The summed E-state index contributed by atoms with van der Waals surface area (Å²) in [4.78, 5) is 15.0. The summed E-state index contributed by atoms with van der Waals surface area (Å²) >= 11 is 5.40. The highest BCUT2D eigenvalue weighted by atomic mass is 32.1. The molecule has 0 saturated carbocycles. The van der Waals surface area contributed by atoms with Gasteiger partial charge >= 0.3 is 0 Å². The topological polar surface area (TPSA) is 53.6 Å². The minimum absolute atomic E-state index is 0.0466. The number of rotatable bonds is 5. The predicted molar refractivity (Wildman–Crippen MR) is 123 cm³/mol. The van der Waals surface area contributed by atoms with E-state index in [-0.39, 0.29) is 17.1 Å². The molecular formula is C23H29N3O2S. The summed E-state index contributed by atoms with van der Waals surface area (Å²) in [5.41, 5.74) is 2.53. The van der Waals surface area contributed by atoms with Crippen LogP contribution in [0.2, 0.25) is 0 Å². The molecule has 154 valence electrons. The van der Waals surface area contributed by atoms with E-state index >= 15 is 0 Å². The van der Waals surface area contributed by atoms with Gasteiger partial charge in [-0.05, 0) is 75.2 Å². The molecule has 1 amide bonds. The fourth-order valence-corrected chi connectivity index (χ4v) is 3.62. The second-order valence-corrected chi connectivity index (χ2v) is 8.20. The summed E-state index contributed by atoms with van der Waals surface area (Å²) < 4.78 is 5.66. The van der Waals surface area contributed by atoms with Crippen LogP contribution in [0.1, 0.15) is 44.0 Å². The molecule has 2 N–H and O–H groups in total. The van der Waals surface area contributed by atoms with Crippen molar-refractivity contribution in [2.75, 3.05) is 23.3 Å². The molecule has 0 spiro atoms. The third kappa shape index (κ3) is 5.94. The number of carbonyl (C=O) groups excluding carboxylic acids is 1. The number of para-hydroxylation sites is 2. The number of benzene rings is 2. The van der Waals surface area contributed by atoms with Crippen LogP contribution in [0, 0.1) is 5.92 Å². The van der Waals surface area contributed by atoms with Gasteiger partial charge in [-0.15, -0.1) is 0 Å². The smallest absolute Gasteiger partial charge is 0.257 e. The average molecular weight is 412 g/mol. The van der Waals surface area contributed by atoms with Crippen LogP contribution < -0.4 is 20.3 Å². The normalized spacial score (nSPS) is 14.6. The number of piperidine rings is 1. The Labute approximate surface area is 178 Å². The largest absolute Gasteiger partial charge is 0.491 e. The molecule has 6 heteroatoms. The minimum Gasteiger partial charge on any atom is -0.491 e. The molecule has 0 unspecified atom stereocenters. The molecule has 0 aliphatic carbocycles. The quantitative estimate of drug-likeness (QED) is 0.690. The van der Waals surface area contributed by atoms with Gasteiger partial charge in [-0.3, -0.25) is 10.1 Å². The number of anilines is 2. The molecule has 1 aliphatic rings. The molecule has 1 heterocycles. The minimum atomic E-state index is -0.263. The van der Waals surface area contributed by atoms with Crippen molar-refractivity contribution >= 4 is 34.6 Å². The Morgan fingerprint density at radius 2 is 1.86 bits per heavy atom. The van der Waals surface area contributed by atoms with Gasteiger partial charge in [-0.2, -0.15) is 0 Å². The molecule has 0 aromatic heterocycles. The zero-order valence-corrected chi connectivity index (χ0v) is 18.1. The van der Waals surface area contributed by atoms with E-state index < -0.39 is 0 Å². The van der Waals surface area contributed by atoms with E-state index in [1.807, 2.05) is 38.1 Å². The zero-order chi connectivity index (χ0) is 20.8. The second kappa shape index (κ2) is 9.74. The Morgan fingerprint density at radius 3 is 2.59 bits per heavy atom. The van der Waals surface area contributed by atoms with Crippen molar-refractivity contribution in [3.8, 4) is 5.75 Å².